The summed E-state index contributed by atoms with van der Waals surface area (Å²) in [5, 5.41) is 5.64. The van der Waals surface area contributed by atoms with Crippen LogP contribution in [0.3, 0.4) is 0 Å². The molecule has 6 nitrogen and oxygen atoms in total. The highest BCUT2D eigenvalue weighted by molar-refractivity contribution is 5.89. The van der Waals surface area contributed by atoms with Crippen molar-refractivity contribution in [3.63, 3.8) is 0 Å². The number of hydrogen-bond acceptors (Lipinski definition) is 3. The molecule has 0 saturated carbocycles. The fourth-order valence-electron chi connectivity index (χ4n) is 3.52. The summed E-state index contributed by atoms with van der Waals surface area (Å²) in [6.45, 7) is 7.85. The third-order valence-corrected chi connectivity index (χ3v) is 5.12. The van der Waals surface area contributed by atoms with Crippen LogP contribution in [0.1, 0.15) is 45.6 Å². The molecule has 0 bridgehead atoms. The number of hydrogen-bond donors (Lipinski definition) is 2. The molecule has 1 aliphatic rings. The second-order valence-electron chi connectivity index (χ2n) is 8.08. The number of carbonyl (C=O) groups is 3. The second kappa shape index (κ2) is 10.8. The van der Waals surface area contributed by atoms with Crippen LogP contribution in [0.25, 0.3) is 0 Å². The average molecular weight is 388 g/mol. The van der Waals surface area contributed by atoms with E-state index < -0.39 is 6.04 Å². The van der Waals surface area contributed by atoms with Gasteiger partial charge in [-0.15, -0.1) is 0 Å². The van der Waals surface area contributed by atoms with Gasteiger partial charge in [-0.2, -0.15) is 0 Å². The normalized spacial score (nSPS) is 17.9. The third-order valence-electron chi connectivity index (χ3n) is 5.12. The van der Waals surface area contributed by atoms with Crippen LogP contribution in [0.5, 0.6) is 0 Å². The summed E-state index contributed by atoms with van der Waals surface area (Å²) in [7, 11) is 0. The molecule has 28 heavy (non-hydrogen) atoms. The number of benzene rings is 1. The van der Waals surface area contributed by atoms with E-state index in [4.69, 9.17) is 0 Å². The van der Waals surface area contributed by atoms with Crippen LogP contribution >= 0.6 is 0 Å². The number of rotatable bonds is 8. The Morgan fingerprint density at radius 3 is 2.54 bits per heavy atom. The fraction of sp³-hybridized carbons (Fsp3) is 0.591. The molecule has 0 aromatic heterocycles. The molecule has 6 heteroatoms. The predicted molar refractivity (Wildman–Crippen MR) is 110 cm³/mol. The first-order valence-electron chi connectivity index (χ1n) is 10.3. The zero-order valence-corrected chi connectivity index (χ0v) is 17.2. The Hall–Kier alpha value is -2.37. The van der Waals surface area contributed by atoms with Crippen LogP contribution < -0.4 is 10.6 Å². The summed E-state index contributed by atoms with van der Waals surface area (Å²) in [4.78, 5) is 39.0. The number of nitrogens with zero attached hydrogens (tertiary/aromatic N) is 1. The molecule has 1 heterocycles. The summed E-state index contributed by atoms with van der Waals surface area (Å²) in [5.74, 6) is 0.159. The minimum Gasteiger partial charge on any atom is -0.354 e. The van der Waals surface area contributed by atoms with Gasteiger partial charge in [0.05, 0.1) is 6.42 Å². The minimum absolute atomic E-state index is 0.0432. The van der Waals surface area contributed by atoms with Crippen LogP contribution in [0.15, 0.2) is 30.3 Å². The van der Waals surface area contributed by atoms with E-state index in [0.717, 1.165) is 25.1 Å². The van der Waals surface area contributed by atoms with E-state index in [1.54, 1.807) is 0 Å². The molecule has 1 aliphatic heterocycles. The highest BCUT2D eigenvalue weighted by Crippen LogP contribution is 2.16. The number of piperidine rings is 1. The van der Waals surface area contributed by atoms with Gasteiger partial charge in [0.2, 0.25) is 17.7 Å². The van der Waals surface area contributed by atoms with E-state index in [9.17, 15) is 14.4 Å². The van der Waals surface area contributed by atoms with Gasteiger partial charge in [-0.3, -0.25) is 14.4 Å². The van der Waals surface area contributed by atoms with Gasteiger partial charge in [-0.1, -0.05) is 51.1 Å². The lowest BCUT2D eigenvalue weighted by atomic mass is 10.00. The largest absolute Gasteiger partial charge is 0.354 e. The maximum atomic E-state index is 12.5. The molecule has 2 atom stereocenters. The van der Waals surface area contributed by atoms with E-state index in [2.05, 4.69) is 17.6 Å². The molecular formula is C22H33N3O3. The van der Waals surface area contributed by atoms with Gasteiger partial charge in [0.1, 0.15) is 6.04 Å². The lowest BCUT2D eigenvalue weighted by Crippen LogP contribution is -2.50. The first-order valence-corrected chi connectivity index (χ1v) is 10.3. The lowest BCUT2D eigenvalue weighted by molar-refractivity contribution is -0.133. The predicted octanol–water partition coefficient (Wildman–Crippen LogP) is 2.13. The van der Waals surface area contributed by atoms with Gasteiger partial charge in [0.15, 0.2) is 0 Å². The van der Waals surface area contributed by atoms with E-state index >= 15 is 0 Å². The molecule has 1 aromatic carbocycles. The van der Waals surface area contributed by atoms with Gasteiger partial charge < -0.3 is 15.5 Å². The SMILES string of the molecule is CC1CCCN(C(=O)CCNC(=O)C(NC(=O)Cc2ccccc2)C(C)C)C1. The molecule has 0 radical (unpaired) electrons. The fourth-order valence-corrected chi connectivity index (χ4v) is 3.52. The molecule has 2 rings (SSSR count). The van der Waals surface area contributed by atoms with E-state index in [0.29, 0.717) is 18.9 Å². The zero-order chi connectivity index (χ0) is 20.5. The van der Waals surface area contributed by atoms with Gasteiger partial charge in [0.25, 0.3) is 0 Å². The highest BCUT2D eigenvalue weighted by atomic mass is 16.2. The molecule has 2 unspecified atom stereocenters. The lowest BCUT2D eigenvalue weighted by Gasteiger charge is -2.31. The smallest absolute Gasteiger partial charge is 0.242 e. The van der Waals surface area contributed by atoms with Crippen molar-refractivity contribution in [3.05, 3.63) is 35.9 Å². The Balaban J connectivity index is 1.78. The molecule has 154 valence electrons. The van der Waals surface area contributed by atoms with Crippen molar-refractivity contribution >= 4 is 17.7 Å². The summed E-state index contributed by atoms with van der Waals surface area (Å²) in [6.07, 6.45) is 2.74. The van der Waals surface area contributed by atoms with Crippen LogP contribution in [0.2, 0.25) is 0 Å². The first kappa shape index (κ1) is 21.9. The van der Waals surface area contributed by atoms with Gasteiger partial charge in [-0.25, -0.2) is 0 Å². The molecule has 3 amide bonds. The van der Waals surface area contributed by atoms with Crippen LogP contribution in [-0.4, -0.2) is 48.3 Å². The summed E-state index contributed by atoms with van der Waals surface area (Å²) in [5.41, 5.74) is 0.907. The molecule has 1 aromatic rings. The summed E-state index contributed by atoms with van der Waals surface area (Å²) in [6, 6.07) is 8.83. The van der Waals surface area contributed by atoms with Gasteiger partial charge in [-0.05, 0) is 30.2 Å². The highest BCUT2D eigenvalue weighted by Gasteiger charge is 2.25. The van der Waals surface area contributed by atoms with Crippen molar-refractivity contribution in [3.8, 4) is 0 Å². The van der Waals surface area contributed by atoms with Crippen LogP contribution in [0, 0.1) is 11.8 Å². The molecule has 2 N–H and O–H groups in total. The molecule has 1 saturated heterocycles. The first-order chi connectivity index (χ1) is 13.4. The number of likely N-dealkylation sites (tertiary alicyclic amines) is 1. The summed E-state index contributed by atoms with van der Waals surface area (Å²) < 4.78 is 0. The van der Waals surface area contributed by atoms with E-state index in [-0.39, 0.29) is 30.1 Å². The van der Waals surface area contributed by atoms with E-state index in [1.165, 1.54) is 6.42 Å². The van der Waals surface area contributed by atoms with E-state index in [1.807, 2.05) is 49.1 Å². The molecule has 0 aliphatic carbocycles. The standard InChI is InChI=1S/C22H33N3O3/c1-16(2)21(24-19(26)14-18-9-5-4-6-10-18)22(28)23-12-11-20(27)25-13-7-8-17(3)15-25/h4-6,9-10,16-17,21H,7-8,11-15H2,1-3H3,(H,23,28)(H,24,26). The maximum Gasteiger partial charge on any atom is 0.242 e. The third kappa shape index (κ3) is 6.98. The van der Waals surface area contributed by atoms with Crippen molar-refractivity contribution in [2.75, 3.05) is 19.6 Å². The van der Waals surface area contributed by atoms with Gasteiger partial charge >= 0.3 is 0 Å². The molecule has 1 fully saturated rings. The Bertz CT molecular complexity index is 660. The molecule has 0 spiro atoms. The Morgan fingerprint density at radius 1 is 1.18 bits per heavy atom. The van der Waals surface area contributed by atoms with Crippen LogP contribution in [-0.2, 0) is 20.8 Å². The van der Waals surface area contributed by atoms with Gasteiger partial charge in [0, 0.05) is 26.1 Å². The number of nitrogens with one attached hydrogen (secondary N) is 2. The number of amides is 3. The Labute approximate surface area is 168 Å². The summed E-state index contributed by atoms with van der Waals surface area (Å²) >= 11 is 0. The van der Waals surface area contributed by atoms with Crippen molar-refractivity contribution in [1.82, 2.24) is 15.5 Å². The van der Waals surface area contributed by atoms with Crippen LogP contribution in [0.4, 0.5) is 0 Å². The number of carbonyl (C=O) groups excluding carboxylic acids is 3. The monoisotopic (exact) mass is 387 g/mol. The second-order valence-corrected chi connectivity index (χ2v) is 8.08. The Morgan fingerprint density at radius 2 is 1.89 bits per heavy atom. The van der Waals surface area contributed by atoms with Crippen molar-refractivity contribution in [2.24, 2.45) is 11.8 Å². The zero-order valence-electron chi connectivity index (χ0n) is 17.2. The minimum atomic E-state index is -0.610. The Kier molecular flexibility index (Phi) is 8.48. The van der Waals surface area contributed by atoms with Crippen molar-refractivity contribution in [1.29, 1.82) is 0 Å². The quantitative estimate of drug-likeness (QED) is 0.717. The maximum absolute atomic E-state index is 12.5. The van der Waals surface area contributed by atoms with Crippen molar-refractivity contribution in [2.45, 2.75) is 52.5 Å². The van der Waals surface area contributed by atoms with Crippen molar-refractivity contribution < 1.29 is 14.4 Å². The molecular weight excluding hydrogens is 354 g/mol. The average Bonchev–Trinajstić information content (AvgIpc) is 2.66. The topological polar surface area (TPSA) is 78.5 Å².